The Bertz CT molecular complexity index is 445. The molecule has 0 radical (unpaired) electrons. The fourth-order valence-corrected chi connectivity index (χ4v) is 1.93. The number of benzene rings is 1. The molecule has 0 heterocycles. The van der Waals surface area contributed by atoms with Crippen LogP contribution in [0.4, 0.5) is 0 Å². The van der Waals surface area contributed by atoms with E-state index in [1.807, 2.05) is 30.9 Å². The quantitative estimate of drug-likeness (QED) is 0.785. The maximum atomic E-state index is 12.3. The van der Waals surface area contributed by atoms with Gasteiger partial charge in [-0.1, -0.05) is 32.9 Å². The molecular weight excluding hydrogens is 236 g/mol. The summed E-state index contributed by atoms with van der Waals surface area (Å²) in [6, 6.07) is 9.54. The van der Waals surface area contributed by atoms with E-state index in [9.17, 15) is 4.79 Å². The number of hydrogen-bond acceptors (Lipinski definition) is 2. The molecule has 0 saturated carbocycles. The second-order valence-electron chi connectivity index (χ2n) is 4.88. The predicted molar refractivity (Wildman–Crippen MR) is 76.3 cm³/mol. The molecule has 0 bridgehead atoms. The van der Waals surface area contributed by atoms with Crippen LogP contribution in [0.25, 0.3) is 0 Å². The molecule has 1 aromatic rings. The van der Waals surface area contributed by atoms with E-state index in [0.717, 1.165) is 24.9 Å². The summed E-state index contributed by atoms with van der Waals surface area (Å²) in [5, 5.41) is 8.77. The standard InChI is InChI=1S/C16H22N2O/c1-4-10-18(16(19)13(3)5-2)12-15-8-6-14(11-17)7-9-15/h6-9,13H,4-5,10,12H2,1-3H3. The third-order valence-electron chi connectivity index (χ3n) is 3.30. The summed E-state index contributed by atoms with van der Waals surface area (Å²) < 4.78 is 0. The van der Waals surface area contributed by atoms with E-state index in [0.29, 0.717) is 12.1 Å². The molecule has 0 aliphatic heterocycles. The van der Waals surface area contributed by atoms with E-state index < -0.39 is 0 Å². The number of nitrogens with zero attached hydrogens (tertiary/aromatic N) is 2. The minimum atomic E-state index is 0.0740. The summed E-state index contributed by atoms with van der Waals surface area (Å²) in [5.41, 5.74) is 1.73. The van der Waals surface area contributed by atoms with Crippen LogP contribution in [0.3, 0.4) is 0 Å². The molecule has 0 spiro atoms. The fourth-order valence-electron chi connectivity index (χ4n) is 1.93. The number of carbonyl (C=O) groups is 1. The molecule has 1 atom stereocenters. The van der Waals surface area contributed by atoms with Crippen molar-refractivity contribution in [3.05, 3.63) is 35.4 Å². The zero-order valence-electron chi connectivity index (χ0n) is 12.0. The first kappa shape index (κ1) is 15.2. The minimum Gasteiger partial charge on any atom is -0.338 e. The Hall–Kier alpha value is -1.82. The molecule has 1 amide bonds. The maximum Gasteiger partial charge on any atom is 0.225 e. The van der Waals surface area contributed by atoms with E-state index in [-0.39, 0.29) is 11.8 Å². The van der Waals surface area contributed by atoms with Crippen LogP contribution in [-0.2, 0) is 11.3 Å². The first-order valence-electron chi connectivity index (χ1n) is 6.90. The third-order valence-corrected chi connectivity index (χ3v) is 3.30. The highest BCUT2D eigenvalue weighted by atomic mass is 16.2. The summed E-state index contributed by atoms with van der Waals surface area (Å²) in [7, 11) is 0. The second-order valence-corrected chi connectivity index (χ2v) is 4.88. The van der Waals surface area contributed by atoms with Gasteiger partial charge in [-0.05, 0) is 30.5 Å². The van der Waals surface area contributed by atoms with Gasteiger partial charge in [-0.2, -0.15) is 5.26 Å². The SMILES string of the molecule is CCCN(Cc1ccc(C#N)cc1)C(=O)C(C)CC. The first-order chi connectivity index (χ1) is 9.12. The third kappa shape index (κ3) is 4.40. The molecule has 0 N–H and O–H groups in total. The summed E-state index contributed by atoms with van der Waals surface area (Å²) in [6.07, 6.45) is 1.82. The minimum absolute atomic E-state index is 0.0740. The molecule has 0 aromatic heterocycles. The monoisotopic (exact) mass is 258 g/mol. The lowest BCUT2D eigenvalue weighted by Crippen LogP contribution is -2.35. The summed E-state index contributed by atoms with van der Waals surface area (Å²) in [4.78, 5) is 14.2. The van der Waals surface area contributed by atoms with Gasteiger partial charge in [0.15, 0.2) is 0 Å². The molecule has 19 heavy (non-hydrogen) atoms. The van der Waals surface area contributed by atoms with Crippen molar-refractivity contribution in [1.82, 2.24) is 4.90 Å². The van der Waals surface area contributed by atoms with Crippen LogP contribution in [0.2, 0.25) is 0 Å². The van der Waals surface area contributed by atoms with Crippen molar-refractivity contribution >= 4 is 5.91 Å². The van der Waals surface area contributed by atoms with Crippen LogP contribution in [-0.4, -0.2) is 17.4 Å². The van der Waals surface area contributed by atoms with Crippen LogP contribution in [0.1, 0.15) is 44.7 Å². The predicted octanol–water partition coefficient (Wildman–Crippen LogP) is 3.34. The molecule has 1 unspecified atom stereocenters. The van der Waals surface area contributed by atoms with Gasteiger partial charge in [0.05, 0.1) is 11.6 Å². The van der Waals surface area contributed by atoms with Gasteiger partial charge >= 0.3 is 0 Å². The molecule has 1 aromatic carbocycles. The molecule has 3 nitrogen and oxygen atoms in total. The number of nitriles is 1. The van der Waals surface area contributed by atoms with E-state index in [2.05, 4.69) is 13.0 Å². The maximum absolute atomic E-state index is 12.3. The number of rotatable bonds is 6. The summed E-state index contributed by atoms with van der Waals surface area (Å²) >= 11 is 0. The van der Waals surface area contributed by atoms with Crippen molar-refractivity contribution < 1.29 is 4.79 Å². The molecule has 0 aliphatic rings. The highest BCUT2D eigenvalue weighted by Crippen LogP contribution is 2.12. The van der Waals surface area contributed by atoms with Crippen LogP contribution in [0.15, 0.2) is 24.3 Å². The topological polar surface area (TPSA) is 44.1 Å². The van der Waals surface area contributed by atoms with Gasteiger partial charge in [0.25, 0.3) is 0 Å². The molecule has 0 aliphatic carbocycles. The largest absolute Gasteiger partial charge is 0.338 e. The normalized spacial score (nSPS) is 11.7. The smallest absolute Gasteiger partial charge is 0.225 e. The summed E-state index contributed by atoms with van der Waals surface area (Å²) in [5.74, 6) is 0.290. The highest BCUT2D eigenvalue weighted by molar-refractivity contribution is 5.78. The number of hydrogen-bond donors (Lipinski definition) is 0. The van der Waals surface area contributed by atoms with E-state index in [1.54, 1.807) is 12.1 Å². The van der Waals surface area contributed by atoms with Gasteiger partial charge in [0, 0.05) is 19.0 Å². The van der Waals surface area contributed by atoms with Crippen molar-refractivity contribution in [2.45, 2.75) is 40.2 Å². The van der Waals surface area contributed by atoms with Gasteiger partial charge in [0.2, 0.25) is 5.91 Å². The molecule has 1 rings (SSSR count). The van der Waals surface area contributed by atoms with Crippen LogP contribution >= 0.6 is 0 Å². The lowest BCUT2D eigenvalue weighted by atomic mass is 10.1. The van der Waals surface area contributed by atoms with Crippen LogP contribution in [0, 0.1) is 17.2 Å². The van der Waals surface area contributed by atoms with Crippen molar-refractivity contribution in [1.29, 1.82) is 5.26 Å². The highest BCUT2D eigenvalue weighted by Gasteiger charge is 2.18. The first-order valence-corrected chi connectivity index (χ1v) is 6.90. The zero-order valence-corrected chi connectivity index (χ0v) is 12.0. The van der Waals surface area contributed by atoms with Gasteiger partial charge in [-0.3, -0.25) is 4.79 Å². The van der Waals surface area contributed by atoms with Gasteiger partial charge < -0.3 is 4.90 Å². The van der Waals surface area contributed by atoms with Crippen molar-refractivity contribution in [2.24, 2.45) is 5.92 Å². The van der Waals surface area contributed by atoms with Crippen molar-refractivity contribution in [3.63, 3.8) is 0 Å². The Balaban J connectivity index is 2.77. The lowest BCUT2D eigenvalue weighted by Gasteiger charge is -2.25. The van der Waals surface area contributed by atoms with E-state index in [4.69, 9.17) is 5.26 Å². The number of amides is 1. The fraction of sp³-hybridized carbons (Fsp3) is 0.500. The Morgan fingerprint density at radius 2 is 1.95 bits per heavy atom. The van der Waals surface area contributed by atoms with Gasteiger partial charge in [-0.25, -0.2) is 0 Å². The van der Waals surface area contributed by atoms with E-state index in [1.165, 1.54) is 0 Å². The average molecular weight is 258 g/mol. The summed E-state index contributed by atoms with van der Waals surface area (Å²) in [6.45, 7) is 7.50. The molecular formula is C16H22N2O. The molecule has 0 saturated heterocycles. The zero-order chi connectivity index (χ0) is 14.3. The second kappa shape index (κ2) is 7.58. The van der Waals surface area contributed by atoms with Crippen molar-refractivity contribution in [2.75, 3.05) is 6.54 Å². The van der Waals surface area contributed by atoms with E-state index >= 15 is 0 Å². The van der Waals surface area contributed by atoms with Crippen LogP contribution < -0.4 is 0 Å². The van der Waals surface area contributed by atoms with Crippen molar-refractivity contribution in [3.8, 4) is 6.07 Å². The van der Waals surface area contributed by atoms with Crippen LogP contribution in [0.5, 0.6) is 0 Å². The molecule has 3 heteroatoms. The average Bonchev–Trinajstić information content (AvgIpc) is 2.46. The molecule has 102 valence electrons. The molecule has 0 fully saturated rings. The lowest BCUT2D eigenvalue weighted by molar-refractivity contribution is -0.135. The Morgan fingerprint density at radius 3 is 2.42 bits per heavy atom. The Morgan fingerprint density at radius 1 is 1.32 bits per heavy atom. The Kier molecular flexibility index (Phi) is 6.08. The van der Waals surface area contributed by atoms with Gasteiger partial charge in [-0.15, -0.1) is 0 Å². The Labute approximate surface area is 115 Å². The number of carbonyl (C=O) groups excluding carboxylic acids is 1. The van der Waals surface area contributed by atoms with Gasteiger partial charge in [0.1, 0.15) is 0 Å².